The van der Waals surface area contributed by atoms with Gasteiger partial charge < -0.3 is 4.74 Å². The molecule has 0 N–H and O–H groups in total. The average Bonchev–Trinajstić information content (AvgIpc) is 3.22. The van der Waals surface area contributed by atoms with Crippen LogP contribution >= 0.6 is 0 Å². The van der Waals surface area contributed by atoms with Gasteiger partial charge in [-0.2, -0.15) is 18.3 Å². The van der Waals surface area contributed by atoms with E-state index in [1.165, 1.54) is 0 Å². The second-order valence-electron chi connectivity index (χ2n) is 6.41. The average molecular weight is 375 g/mol. The van der Waals surface area contributed by atoms with Crippen LogP contribution in [0, 0.1) is 0 Å². The first-order valence-electron chi connectivity index (χ1n) is 8.54. The molecule has 2 aromatic rings. The number of anilines is 1. The molecule has 2 aliphatic rings. The Kier molecular flexibility index (Phi) is 4.13. The number of ether oxygens (including phenoxy) is 1. The lowest BCUT2D eigenvalue weighted by atomic mass is 10.0. The van der Waals surface area contributed by atoms with Crippen molar-refractivity contribution < 1.29 is 22.7 Å². The second-order valence-corrected chi connectivity index (χ2v) is 6.41. The van der Waals surface area contributed by atoms with Crippen LogP contribution in [0.25, 0.3) is 11.1 Å². The molecule has 0 aromatic heterocycles. The number of benzene rings is 2. The molecule has 8 heteroatoms. The molecule has 140 valence electrons. The Labute approximate surface area is 153 Å². The van der Waals surface area contributed by atoms with Gasteiger partial charge in [0.1, 0.15) is 0 Å². The van der Waals surface area contributed by atoms with Gasteiger partial charge in [-0.1, -0.05) is 35.6 Å². The third kappa shape index (κ3) is 2.94. The maximum atomic E-state index is 13.3. The first-order valence-corrected chi connectivity index (χ1v) is 8.54. The Morgan fingerprint density at radius 1 is 1.19 bits per heavy atom. The molecule has 5 nitrogen and oxygen atoms in total. The van der Waals surface area contributed by atoms with Gasteiger partial charge in [-0.05, 0) is 47.7 Å². The highest BCUT2D eigenvalue weighted by Gasteiger charge is 2.55. The van der Waals surface area contributed by atoms with Crippen molar-refractivity contribution in [3.05, 3.63) is 53.6 Å². The van der Waals surface area contributed by atoms with Gasteiger partial charge in [-0.3, -0.25) is 0 Å². The van der Waals surface area contributed by atoms with Crippen molar-refractivity contribution >= 4 is 11.7 Å². The fourth-order valence-corrected chi connectivity index (χ4v) is 3.55. The van der Waals surface area contributed by atoms with E-state index in [1.807, 2.05) is 30.3 Å². The van der Waals surface area contributed by atoms with Gasteiger partial charge in [0.2, 0.25) is 6.04 Å². The third-order valence-corrected chi connectivity index (χ3v) is 4.74. The van der Waals surface area contributed by atoms with Crippen LogP contribution in [0.2, 0.25) is 0 Å². The molecule has 0 amide bonds. The minimum atomic E-state index is -4.69. The number of halogens is 3. The predicted octanol–water partition coefficient (Wildman–Crippen LogP) is 4.31. The third-order valence-electron chi connectivity index (χ3n) is 4.74. The summed E-state index contributed by atoms with van der Waals surface area (Å²) in [5, 5.41) is 7.97. The number of hydrogen-bond acceptors (Lipinski definition) is 5. The van der Waals surface area contributed by atoms with Crippen LogP contribution < -0.4 is 5.01 Å². The summed E-state index contributed by atoms with van der Waals surface area (Å²) in [6, 6.07) is 9.28. The first kappa shape index (κ1) is 17.5. The molecule has 1 aliphatic heterocycles. The molecule has 0 saturated carbocycles. The second kappa shape index (κ2) is 6.37. The number of fused-ring (bicyclic) bond motifs is 3. The van der Waals surface area contributed by atoms with Crippen LogP contribution in [-0.4, -0.2) is 30.8 Å². The van der Waals surface area contributed by atoms with Gasteiger partial charge in [0.05, 0.1) is 12.3 Å². The van der Waals surface area contributed by atoms with Crippen molar-refractivity contribution in [3.8, 4) is 11.1 Å². The molecule has 0 fully saturated rings. The largest absolute Gasteiger partial charge is 0.464 e. The molecule has 0 spiro atoms. The Balaban J connectivity index is 1.69. The molecular weight excluding hydrogens is 359 g/mol. The van der Waals surface area contributed by atoms with E-state index in [4.69, 9.17) is 4.74 Å². The Bertz CT molecular complexity index is 927. The van der Waals surface area contributed by atoms with E-state index in [1.54, 1.807) is 19.1 Å². The van der Waals surface area contributed by atoms with Crippen LogP contribution in [0.5, 0.6) is 0 Å². The Hall–Kier alpha value is -2.90. The van der Waals surface area contributed by atoms with Crippen molar-refractivity contribution in [3.63, 3.8) is 0 Å². The number of hydrogen-bond donors (Lipinski definition) is 0. The predicted molar refractivity (Wildman–Crippen MR) is 92.3 cm³/mol. The zero-order valence-corrected chi connectivity index (χ0v) is 14.4. The van der Waals surface area contributed by atoms with Crippen LogP contribution in [0.1, 0.15) is 18.1 Å². The number of esters is 1. The Morgan fingerprint density at radius 3 is 2.67 bits per heavy atom. The van der Waals surface area contributed by atoms with Crippen molar-refractivity contribution in [2.24, 2.45) is 10.3 Å². The number of carbonyl (C=O) groups excluding carboxylic acids is 1. The lowest BCUT2D eigenvalue weighted by Crippen LogP contribution is -2.49. The smallest absolute Gasteiger partial charge is 0.415 e. The summed E-state index contributed by atoms with van der Waals surface area (Å²) < 4.78 is 44.8. The highest BCUT2D eigenvalue weighted by Crippen LogP contribution is 2.41. The van der Waals surface area contributed by atoms with Crippen molar-refractivity contribution in [1.82, 2.24) is 0 Å². The lowest BCUT2D eigenvalue weighted by molar-refractivity contribution is -0.165. The molecule has 0 saturated heterocycles. The maximum absolute atomic E-state index is 13.3. The van der Waals surface area contributed by atoms with Gasteiger partial charge in [-0.25, -0.2) is 9.80 Å². The summed E-state index contributed by atoms with van der Waals surface area (Å²) in [4.78, 5) is 12.2. The van der Waals surface area contributed by atoms with Crippen molar-refractivity contribution in [2.45, 2.75) is 31.6 Å². The van der Waals surface area contributed by atoms with Crippen LogP contribution in [0.3, 0.4) is 0 Å². The minimum absolute atomic E-state index is 0.0206. The summed E-state index contributed by atoms with van der Waals surface area (Å²) in [7, 11) is 0. The highest BCUT2D eigenvalue weighted by molar-refractivity contribution is 5.83. The summed E-state index contributed by atoms with van der Waals surface area (Å²) in [6.45, 7) is 1.52. The van der Waals surface area contributed by atoms with Crippen molar-refractivity contribution in [1.29, 1.82) is 0 Å². The van der Waals surface area contributed by atoms with E-state index in [0.717, 1.165) is 27.3 Å². The molecule has 2 aromatic carbocycles. The summed E-state index contributed by atoms with van der Waals surface area (Å²) in [5.74, 6) is -0.992. The maximum Gasteiger partial charge on any atom is 0.415 e. The Morgan fingerprint density at radius 2 is 1.93 bits per heavy atom. The SMILES string of the molecule is CCOC(=O)[C@H]1[C@H](C(F)(F)F)N=NN1c1ccc2c(c1)Cc1ccccc1-2. The molecule has 0 radical (unpaired) electrons. The molecule has 2 atom stereocenters. The standard InChI is InChI=1S/C19H16F3N3O2/c1-2-27-18(26)16-17(19(20,21)22)23-24-25(16)13-7-8-15-12(10-13)9-11-5-3-4-6-14(11)15/h3-8,10,16-17H,2,9H2,1H3/t16-,17-/m1/s1. The van der Waals surface area contributed by atoms with Crippen LogP contribution in [0.4, 0.5) is 18.9 Å². The molecule has 27 heavy (non-hydrogen) atoms. The van der Waals surface area contributed by atoms with Gasteiger partial charge in [-0.15, -0.1) is 0 Å². The zero-order valence-electron chi connectivity index (χ0n) is 14.4. The molecule has 1 aliphatic carbocycles. The molecule has 1 heterocycles. The topological polar surface area (TPSA) is 54.3 Å². The first-order chi connectivity index (χ1) is 12.9. The van der Waals surface area contributed by atoms with Gasteiger partial charge in [0.15, 0.2) is 6.04 Å². The lowest BCUT2D eigenvalue weighted by Gasteiger charge is -2.25. The monoisotopic (exact) mass is 375 g/mol. The van der Waals surface area contributed by atoms with E-state index in [-0.39, 0.29) is 6.61 Å². The van der Waals surface area contributed by atoms with Gasteiger partial charge >= 0.3 is 12.1 Å². The van der Waals surface area contributed by atoms with E-state index >= 15 is 0 Å². The summed E-state index contributed by atoms with van der Waals surface area (Å²) in [5.41, 5.74) is 4.66. The van der Waals surface area contributed by atoms with E-state index < -0.39 is 24.2 Å². The van der Waals surface area contributed by atoms with E-state index in [2.05, 4.69) is 10.3 Å². The molecule has 0 bridgehead atoms. The molecule has 0 unspecified atom stereocenters. The van der Waals surface area contributed by atoms with Crippen LogP contribution in [0.15, 0.2) is 52.8 Å². The number of alkyl halides is 3. The van der Waals surface area contributed by atoms with Gasteiger partial charge in [0.25, 0.3) is 0 Å². The molecular formula is C19H16F3N3O2. The van der Waals surface area contributed by atoms with Crippen molar-refractivity contribution in [2.75, 3.05) is 11.6 Å². The summed E-state index contributed by atoms with van der Waals surface area (Å²) in [6.07, 6.45) is -4.01. The number of rotatable bonds is 3. The summed E-state index contributed by atoms with van der Waals surface area (Å²) >= 11 is 0. The molecule has 4 rings (SSSR count). The van der Waals surface area contributed by atoms with E-state index in [9.17, 15) is 18.0 Å². The normalized spacial score (nSPS) is 20.5. The fraction of sp³-hybridized carbons (Fsp3) is 0.316. The van der Waals surface area contributed by atoms with Crippen LogP contribution in [-0.2, 0) is 16.0 Å². The van der Waals surface area contributed by atoms with E-state index in [0.29, 0.717) is 12.1 Å². The highest BCUT2D eigenvalue weighted by atomic mass is 19.4. The number of carbonyl (C=O) groups is 1. The van der Waals surface area contributed by atoms with Gasteiger partial charge in [0, 0.05) is 0 Å². The zero-order chi connectivity index (χ0) is 19.2. The fourth-order valence-electron chi connectivity index (χ4n) is 3.55. The number of nitrogens with zero attached hydrogens (tertiary/aromatic N) is 3. The quantitative estimate of drug-likeness (QED) is 0.641. The minimum Gasteiger partial charge on any atom is -0.464 e.